The summed E-state index contributed by atoms with van der Waals surface area (Å²) >= 11 is 0. The van der Waals surface area contributed by atoms with Crippen LogP contribution in [0.1, 0.15) is 43.8 Å². The van der Waals surface area contributed by atoms with E-state index < -0.39 is 0 Å². The van der Waals surface area contributed by atoms with Crippen LogP contribution in [0.2, 0.25) is 0 Å². The summed E-state index contributed by atoms with van der Waals surface area (Å²) in [7, 11) is 0. The van der Waals surface area contributed by atoms with Gasteiger partial charge >= 0.3 is 0 Å². The second kappa shape index (κ2) is 5.12. The van der Waals surface area contributed by atoms with Crippen LogP contribution in [-0.4, -0.2) is 29.1 Å². The van der Waals surface area contributed by atoms with Gasteiger partial charge in [0.2, 0.25) is 0 Å². The molecule has 0 radical (unpaired) electrons. The van der Waals surface area contributed by atoms with E-state index in [1.165, 1.54) is 0 Å². The summed E-state index contributed by atoms with van der Waals surface area (Å²) in [5.74, 6) is 1.96. The number of hydrogen-bond donors (Lipinski definition) is 0. The third kappa shape index (κ3) is 2.40. The Labute approximate surface area is 146 Å². The summed E-state index contributed by atoms with van der Waals surface area (Å²) in [5, 5.41) is 8.79. The van der Waals surface area contributed by atoms with Crippen LogP contribution in [0, 0.1) is 20.8 Å². The van der Waals surface area contributed by atoms with E-state index in [0.29, 0.717) is 0 Å². The first-order valence-electron chi connectivity index (χ1n) is 8.44. The van der Waals surface area contributed by atoms with Crippen molar-refractivity contribution in [2.75, 3.05) is 0 Å². The summed E-state index contributed by atoms with van der Waals surface area (Å²) in [4.78, 5) is 9.28. The van der Waals surface area contributed by atoms with Gasteiger partial charge in [0, 0.05) is 17.3 Å². The van der Waals surface area contributed by atoms with Crippen LogP contribution in [0.25, 0.3) is 22.4 Å². The summed E-state index contributed by atoms with van der Waals surface area (Å²) in [6, 6.07) is 6.20. The lowest BCUT2D eigenvalue weighted by atomic mass is 9.96. The number of benzene rings is 1. The normalized spacial score (nSPS) is 12.4. The molecule has 6 heteroatoms. The Balaban J connectivity index is 2.09. The zero-order chi connectivity index (χ0) is 17.9. The van der Waals surface area contributed by atoms with Gasteiger partial charge in [-0.3, -0.25) is 4.40 Å². The Kier molecular flexibility index (Phi) is 3.22. The Morgan fingerprint density at radius 2 is 1.72 bits per heavy atom. The molecule has 0 saturated carbocycles. The predicted octanol–water partition coefficient (Wildman–Crippen LogP) is 3.69. The van der Waals surface area contributed by atoms with E-state index in [4.69, 9.17) is 4.98 Å². The first-order chi connectivity index (χ1) is 11.8. The Hall–Kier alpha value is -2.76. The fourth-order valence-electron chi connectivity index (χ4n) is 3.28. The molecule has 0 saturated heterocycles. The minimum Gasteiger partial charge on any atom is -0.304 e. The molecule has 4 rings (SSSR count). The third-order valence-corrected chi connectivity index (χ3v) is 4.42. The Bertz CT molecular complexity index is 1110. The number of hydrogen-bond acceptors (Lipinski definition) is 4. The lowest BCUT2D eigenvalue weighted by Gasteiger charge is -2.17. The van der Waals surface area contributed by atoms with Gasteiger partial charge in [-0.15, -0.1) is 10.2 Å². The zero-order valence-corrected chi connectivity index (χ0v) is 15.5. The van der Waals surface area contributed by atoms with Crippen molar-refractivity contribution in [3.63, 3.8) is 0 Å². The smallest absolute Gasteiger partial charge is 0.182 e. The number of fused-ring (bicyclic) bond motifs is 3. The van der Waals surface area contributed by atoms with E-state index in [9.17, 15) is 0 Å². The molecule has 3 aromatic heterocycles. The van der Waals surface area contributed by atoms with Gasteiger partial charge in [0.15, 0.2) is 5.65 Å². The molecule has 0 spiro atoms. The molecule has 4 aromatic rings. The standard InChI is InChI=1S/C19H22N6/c1-11-10-24(13(3)20-11)14-7-8-15-16(9-14)25-17(23-22-15)12(2)21-18(25)19(4,5)6/h7-10H,1-6H3. The molecule has 0 bridgehead atoms. The van der Waals surface area contributed by atoms with Crippen molar-refractivity contribution in [3.8, 4) is 5.69 Å². The molecule has 0 aliphatic heterocycles. The second-order valence-electron chi connectivity index (χ2n) is 7.60. The molecule has 0 N–H and O–H groups in total. The van der Waals surface area contributed by atoms with Gasteiger partial charge in [0.25, 0.3) is 0 Å². The van der Waals surface area contributed by atoms with Gasteiger partial charge in [-0.25, -0.2) is 9.97 Å². The molecule has 1 aromatic carbocycles. The molecule has 6 nitrogen and oxygen atoms in total. The highest BCUT2D eigenvalue weighted by Gasteiger charge is 2.23. The zero-order valence-electron chi connectivity index (χ0n) is 15.5. The molecule has 25 heavy (non-hydrogen) atoms. The van der Waals surface area contributed by atoms with Crippen molar-refractivity contribution in [1.29, 1.82) is 0 Å². The molecule has 0 aliphatic carbocycles. The number of aryl methyl sites for hydroxylation is 3. The van der Waals surface area contributed by atoms with Gasteiger partial charge < -0.3 is 4.57 Å². The largest absolute Gasteiger partial charge is 0.304 e. The van der Waals surface area contributed by atoms with E-state index in [1.807, 2.05) is 33.0 Å². The number of rotatable bonds is 1. The molecule has 0 fully saturated rings. The Morgan fingerprint density at radius 3 is 2.36 bits per heavy atom. The van der Waals surface area contributed by atoms with Crippen molar-refractivity contribution in [1.82, 2.24) is 29.1 Å². The monoisotopic (exact) mass is 334 g/mol. The first kappa shape index (κ1) is 15.7. The topological polar surface area (TPSA) is 60.9 Å². The van der Waals surface area contributed by atoms with E-state index in [2.05, 4.69) is 57.1 Å². The SMILES string of the molecule is Cc1cn(-c2ccc3nnc4c(C)nc(C(C)(C)C)n4c3c2)c(C)n1. The van der Waals surface area contributed by atoms with Crippen molar-refractivity contribution in [2.24, 2.45) is 0 Å². The minimum absolute atomic E-state index is 0.0926. The lowest BCUT2D eigenvalue weighted by molar-refractivity contribution is 0.544. The Morgan fingerprint density at radius 1 is 0.960 bits per heavy atom. The second-order valence-corrected chi connectivity index (χ2v) is 7.60. The van der Waals surface area contributed by atoms with E-state index >= 15 is 0 Å². The predicted molar refractivity (Wildman–Crippen MR) is 98.3 cm³/mol. The number of nitrogens with zero attached hydrogens (tertiary/aromatic N) is 6. The quantitative estimate of drug-likeness (QED) is 0.533. The van der Waals surface area contributed by atoms with Gasteiger partial charge in [0.05, 0.1) is 16.9 Å². The fraction of sp³-hybridized carbons (Fsp3) is 0.368. The lowest BCUT2D eigenvalue weighted by Crippen LogP contribution is -2.16. The molecular weight excluding hydrogens is 312 g/mol. The van der Waals surface area contributed by atoms with Crippen molar-refractivity contribution in [3.05, 3.63) is 47.4 Å². The van der Waals surface area contributed by atoms with Crippen LogP contribution < -0.4 is 0 Å². The molecule has 0 amide bonds. The van der Waals surface area contributed by atoms with Crippen molar-refractivity contribution >= 4 is 16.7 Å². The van der Waals surface area contributed by atoms with Crippen molar-refractivity contribution < 1.29 is 0 Å². The average Bonchev–Trinajstić information content (AvgIpc) is 3.06. The fourth-order valence-corrected chi connectivity index (χ4v) is 3.28. The third-order valence-electron chi connectivity index (χ3n) is 4.42. The van der Waals surface area contributed by atoms with Crippen LogP contribution in [-0.2, 0) is 5.41 Å². The van der Waals surface area contributed by atoms with E-state index in [0.717, 1.165) is 45.4 Å². The van der Waals surface area contributed by atoms with Crippen LogP contribution in [0.15, 0.2) is 24.4 Å². The van der Waals surface area contributed by atoms with Gasteiger partial charge in [-0.1, -0.05) is 20.8 Å². The number of aromatic nitrogens is 6. The van der Waals surface area contributed by atoms with Gasteiger partial charge in [0.1, 0.15) is 17.2 Å². The molecule has 128 valence electrons. The highest BCUT2D eigenvalue weighted by Crippen LogP contribution is 2.27. The highest BCUT2D eigenvalue weighted by molar-refractivity contribution is 5.80. The number of imidazole rings is 2. The molecule has 3 heterocycles. The maximum Gasteiger partial charge on any atom is 0.182 e. The average molecular weight is 334 g/mol. The van der Waals surface area contributed by atoms with Crippen LogP contribution in [0.5, 0.6) is 0 Å². The molecule has 0 aliphatic rings. The van der Waals surface area contributed by atoms with Crippen LogP contribution in [0.4, 0.5) is 0 Å². The van der Waals surface area contributed by atoms with Gasteiger partial charge in [-0.2, -0.15) is 0 Å². The maximum absolute atomic E-state index is 4.78. The first-order valence-corrected chi connectivity index (χ1v) is 8.44. The molecular formula is C19H22N6. The highest BCUT2D eigenvalue weighted by atomic mass is 15.2. The molecule has 0 atom stereocenters. The van der Waals surface area contributed by atoms with Crippen LogP contribution in [0.3, 0.4) is 0 Å². The van der Waals surface area contributed by atoms with E-state index in [1.54, 1.807) is 0 Å². The summed E-state index contributed by atoms with van der Waals surface area (Å²) in [6.45, 7) is 12.5. The van der Waals surface area contributed by atoms with Gasteiger partial charge in [-0.05, 0) is 39.0 Å². The summed E-state index contributed by atoms with van der Waals surface area (Å²) < 4.78 is 4.24. The summed E-state index contributed by atoms with van der Waals surface area (Å²) in [6.07, 6.45) is 2.05. The maximum atomic E-state index is 4.78. The van der Waals surface area contributed by atoms with E-state index in [-0.39, 0.29) is 5.41 Å². The van der Waals surface area contributed by atoms with Crippen molar-refractivity contribution in [2.45, 2.75) is 47.0 Å². The minimum atomic E-state index is -0.0926. The summed E-state index contributed by atoms with van der Waals surface area (Å²) in [5.41, 5.74) is 5.56. The molecule has 0 unspecified atom stereocenters. The van der Waals surface area contributed by atoms with Crippen LogP contribution >= 0.6 is 0 Å².